The molecule has 1 aromatic carbocycles. The van der Waals surface area contributed by atoms with Gasteiger partial charge in [0.05, 0.1) is 17.9 Å². The van der Waals surface area contributed by atoms with Gasteiger partial charge in [0.2, 0.25) is 5.95 Å². The summed E-state index contributed by atoms with van der Waals surface area (Å²) in [4.78, 5) is 23.4. The van der Waals surface area contributed by atoms with Crippen LogP contribution in [0.3, 0.4) is 0 Å². The summed E-state index contributed by atoms with van der Waals surface area (Å²) in [6, 6.07) is 6.94. The predicted octanol–water partition coefficient (Wildman–Crippen LogP) is 1.55. The van der Waals surface area contributed by atoms with Gasteiger partial charge in [-0.05, 0) is 24.6 Å². The van der Waals surface area contributed by atoms with Crippen LogP contribution in [0.5, 0.6) is 0 Å². The fourth-order valence-electron chi connectivity index (χ4n) is 3.29. The number of hydrogen-bond acceptors (Lipinski definition) is 6. The van der Waals surface area contributed by atoms with Crippen LogP contribution in [0.25, 0.3) is 11.3 Å². The van der Waals surface area contributed by atoms with Crippen LogP contribution >= 0.6 is 0 Å². The summed E-state index contributed by atoms with van der Waals surface area (Å²) >= 11 is 0. The topological polar surface area (TPSA) is 89.8 Å². The summed E-state index contributed by atoms with van der Waals surface area (Å²) < 4.78 is 39.8. The number of amides is 1. The lowest BCUT2D eigenvalue weighted by atomic mass is 10.1. The van der Waals surface area contributed by atoms with E-state index in [0.717, 1.165) is 12.5 Å². The van der Waals surface area contributed by atoms with E-state index in [2.05, 4.69) is 9.97 Å². The van der Waals surface area contributed by atoms with Gasteiger partial charge < -0.3 is 20.0 Å². The molecule has 0 bridgehead atoms. The van der Waals surface area contributed by atoms with Crippen LogP contribution in [0, 0.1) is 0 Å². The molecule has 0 radical (unpaired) electrons. The van der Waals surface area contributed by atoms with Gasteiger partial charge in [0.15, 0.2) is 5.69 Å². The number of nitrogens with zero attached hydrogens (tertiary/aromatic N) is 4. The normalized spacial score (nSPS) is 22.0. The number of carbonyl (C=O) groups is 1. The largest absolute Gasteiger partial charge is 0.433 e. The molecule has 0 saturated carbocycles. The predicted molar refractivity (Wildman–Crippen MR) is 97.2 cm³/mol. The number of aliphatic hydroxyl groups is 2. The minimum Gasteiger partial charge on any atom is -0.388 e. The van der Waals surface area contributed by atoms with E-state index in [1.807, 2.05) is 0 Å². The molecule has 2 N–H and O–H groups in total. The Morgan fingerprint density at radius 1 is 1.03 bits per heavy atom. The number of aromatic nitrogens is 2. The Kier molecular flexibility index (Phi) is 4.91. The number of carbonyl (C=O) groups excluding carboxylic acids is 1. The highest BCUT2D eigenvalue weighted by Crippen LogP contribution is 2.32. The number of aliphatic hydroxyl groups excluding tert-OH is 2. The minimum absolute atomic E-state index is 0.0296. The Morgan fingerprint density at radius 2 is 1.66 bits per heavy atom. The van der Waals surface area contributed by atoms with Crippen molar-refractivity contribution in [3.8, 4) is 11.3 Å². The molecule has 4 rings (SSSR count). The van der Waals surface area contributed by atoms with Gasteiger partial charge in [-0.1, -0.05) is 12.1 Å². The van der Waals surface area contributed by atoms with E-state index in [4.69, 9.17) is 0 Å². The first kappa shape index (κ1) is 19.6. The highest BCUT2D eigenvalue weighted by atomic mass is 19.4. The van der Waals surface area contributed by atoms with Crippen LogP contribution < -0.4 is 4.90 Å². The molecular formula is C19H19F3N4O3. The van der Waals surface area contributed by atoms with Crippen molar-refractivity contribution >= 4 is 11.9 Å². The van der Waals surface area contributed by atoms with Crippen molar-refractivity contribution < 1.29 is 28.2 Å². The standard InChI is InChI=1S/C19H19F3N4O3/c20-19(21,22)16-8-13(23-18(24-16)25-6-1-7-25)11-2-4-12(5-3-11)17(29)26-9-14(27)15(28)10-26/h2-5,8,14-15,27-28H,1,6-7,9-10H2. The average molecular weight is 408 g/mol. The molecule has 0 spiro atoms. The lowest BCUT2D eigenvalue weighted by Gasteiger charge is -2.31. The Bertz CT molecular complexity index is 906. The van der Waals surface area contributed by atoms with Crippen molar-refractivity contribution in [2.24, 2.45) is 0 Å². The van der Waals surface area contributed by atoms with Crippen LogP contribution in [0.2, 0.25) is 0 Å². The molecule has 0 aliphatic carbocycles. The van der Waals surface area contributed by atoms with Gasteiger partial charge in [-0.3, -0.25) is 4.79 Å². The number of likely N-dealkylation sites (tertiary alicyclic amines) is 1. The summed E-state index contributed by atoms with van der Waals surface area (Å²) in [5.41, 5.74) is -0.148. The molecule has 2 atom stereocenters. The summed E-state index contributed by atoms with van der Waals surface area (Å²) in [6.45, 7) is 1.28. The van der Waals surface area contributed by atoms with Gasteiger partial charge >= 0.3 is 6.18 Å². The Labute approximate surface area is 164 Å². The molecule has 2 aliphatic heterocycles. The van der Waals surface area contributed by atoms with Crippen LogP contribution in [-0.2, 0) is 6.18 Å². The van der Waals surface area contributed by atoms with Crippen LogP contribution in [0.15, 0.2) is 30.3 Å². The van der Waals surface area contributed by atoms with Crippen molar-refractivity contribution in [2.45, 2.75) is 24.8 Å². The lowest BCUT2D eigenvalue weighted by Crippen LogP contribution is -2.38. The first-order valence-electron chi connectivity index (χ1n) is 9.19. The van der Waals surface area contributed by atoms with Crippen molar-refractivity contribution in [3.63, 3.8) is 0 Å². The first-order chi connectivity index (χ1) is 13.7. The molecule has 2 aliphatic rings. The number of hydrogen-bond donors (Lipinski definition) is 2. The number of β-amino-alcohol motifs (C(OH)–C–C–N with tert-alkyl or cyclic N) is 2. The second kappa shape index (κ2) is 7.27. The Balaban J connectivity index is 1.61. The molecule has 29 heavy (non-hydrogen) atoms. The van der Waals surface area contributed by atoms with Crippen LogP contribution in [0.4, 0.5) is 19.1 Å². The second-order valence-electron chi connectivity index (χ2n) is 7.20. The number of benzene rings is 1. The second-order valence-corrected chi connectivity index (χ2v) is 7.20. The maximum atomic E-state index is 13.3. The average Bonchev–Trinajstić information content (AvgIpc) is 2.98. The summed E-state index contributed by atoms with van der Waals surface area (Å²) in [6.07, 6.45) is -5.68. The smallest absolute Gasteiger partial charge is 0.388 e. The van der Waals surface area contributed by atoms with Gasteiger partial charge in [-0.25, -0.2) is 9.97 Å². The fraction of sp³-hybridized carbons (Fsp3) is 0.421. The van der Waals surface area contributed by atoms with E-state index in [-0.39, 0.29) is 30.6 Å². The molecule has 10 heteroatoms. The molecule has 1 amide bonds. The number of rotatable bonds is 3. The van der Waals surface area contributed by atoms with Gasteiger partial charge in [0, 0.05) is 37.3 Å². The van der Waals surface area contributed by atoms with E-state index in [9.17, 15) is 28.2 Å². The van der Waals surface area contributed by atoms with E-state index < -0.39 is 24.1 Å². The number of anilines is 1. The fourth-order valence-corrected chi connectivity index (χ4v) is 3.29. The van der Waals surface area contributed by atoms with Gasteiger partial charge in [-0.2, -0.15) is 13.2 Å². The zero-order valence-electron chi connectivity index (χ0n) is 15.3. The Morgan fingerprint density at radius 3 is 2.17 bits per heavy atom. The SMILES string of the molecule is O=C(c1ccc(-c2cc(C(F)(F)F)nc(N3CCC3)n2)cc1)N1CC(O)C(O)C1. The van der Waals surface area contributed by atoms with Gasteiger partial charge in [-0.15, -0.1) is 0 Å². The highest BCUT2D eigenvalue weighted by molar-refractivity contribution is 5.95. The molecule has 2 saturated heterocycles. The number of alkyl halides is 3. The third kappa shape index (κ3) is 3.90. The van der Waals surface area contributed by atoms with Crippen LogP contribution in [0.1, 0.15) is 22.5 Å². The molecule has 154 valence electrons. The summed E-state index contributed by atoms with van der Waals surface area (Å²) in [5, 5.41) is 19.2. The quantitative estimate of drug-likeness (QED) is 0.801. The zero-order valence-corrected chi connectivity index (χ0v) is 15.3. The minimum atomic E-state index is -4.59. The van der Waals surface area contributed by atoms with Gasteiger partial charge in [0.25, 0.3) is 5.91 Å². The molecule has 2 unspecified atom stereocenters. The van der Waals surface area contributed by atoms with Crippen molar-refractivity contribution in [1.82, 2.24) is 14.9 Å². The van der Waals surface area contributed by atoms with Crippen molar-refractivity contribution in [1.29, 1.82) is 0 Å². The molecule has 2 aromatic rings. The van der Waals surface area contributed by atoms with E-state index in [0.29, 0.717) is 24.2 Å². The van der Waals surface area contributed by atoms with Crippen LogP contribution in [-0.4, -0.2) is 69.4 Å². The third-order valence-corrected chi connectivity index (χ3v) is 5.12. The maximum Gasteiger partial charge on any atom is 0.433 e. The first-order valence-corrected chi connectivity index (χ1v) is 9.19. The molecule has 7 nitrogen and oxygen atoms in total. The molecular weight excluding hydrogens is 389 g/mol. The highest BCUT2D eigenvalue weighted by Gasteiger charge is 2.35. The third-order valence-electron chi connectivity index (χ3n) is 5.12. The van der Waals surface area contributed by atoms with E-state index in [1.54, 1.807) is 4.90 Å². The summed E-state index contributed by atoms with van der Waals surface area (Å²) in [5.74, 6) is -0.326. The van der Waals surface area contributed by atoms with Gasteiger partial charge in [0.1, 0.15) is 0 Å². The molecule has 2 fully saturated rings. The lowest BCUT2D eigenvalue weighted by molar-refractivity contribution is -0.141. The monoisotopic (exact) mass is 408 g/mol. The molecule has 1 aromatic heterocycles. The van der Waals surface area contributed by atoms with Crippen molar-refractivity contribution in [3.05, 3.63) is 41.6 Å². The van der Waals surface area contributed by atoms with E-state index in [1.165, 1.54) is 29.2 Å². The van der Waals surface area contributed by atoms with Crippen molar-refractivity contribution in [2.75, 3.05) is 31.1 Å². The van der Waals surface area contributed by atoms with E-state index >= 15 is 0 Å². The number of halogens is 3. The maximum absolute atomic E-state index is 13.3. The molecule has 3 heterocycles. The summed E-state index contributed by atoms with van der Waals surface area (Å²) in [7, 11) is 0. The zero-order chi connectivity index (χ0) is 20.8. The Hall–Kier alpha value is -2.72.